The van der Waals surface area contributed by atoms with E-state index in [-0.39, 0.29) is 16.7 Å². The van der Waals surface area contributed by atoms with Gasteiger partial charge in [0, 0.05) is 5.92 Å². The van der Waals surface area contributed by atoms with Crippen molar-refractivity contribution in [1.29, 1.82) is 0 Å². The molecule has 2 rings (SSSR count). The number of hydrogen-bond acceptors (Lipinski definition) is 3. The molecule has 0 saturated heterocycles. The quantitative estimate of drug-likeness (QED) is 0.392. The Morgan fingerprint density at radius 3 is 1.34 bits per heavy atom. The van der Waals surface area contributed by atoms with Gasteiger partial charge in [-0.1, -0.05) is 67.0 Å². The van der Waals surface area contributed by atoms with Crippen molar-refractivity contribution in [2.24, 2.45) is 0 Å². The van der Waals surface area contributed by atoms with Crippen LogP contribution in [0.25, 0.3) is 0 Å². The summed E-state index contributed by atoms with van der Waals surface area (Å²) in [5.74, 6) is 0.997. The van der Waals surface area contributed by atoms with E-state index in [1.54, 1.807) is 0 Å². The number of phenols is 2. The third-order valence-corrected chi connectivity index (χ3v) is 5.71. The summed E-state index contributed by atoms with van der Waals surface area (Å²) in [6, 6.07) is 8.24. The van der Waals surface area contributed by atoms with Gasteiger partial charge < -0.3 is 20.4 Å². The Morgan fingerprint density at radius 2 is 1.09 bits per heavy atom. The molecule has 0 aliphatic rings. The number of aryl methyl sites for hydroxylation is 2. The molecule has 0 spiro atoms. The van der Waals surface area contributed by atoms with E-state index in [4.69, 9.17) is 15.0 Å². The monoisotopic (exact) mass is 444 g/mol. The van der Waals surface area contributed by atoms with Crippen molar-refractivity contribution >= 4 is 6.16 Å². The topological polar surface area (TPSA) is 98.0 Å². The van der Waals surface area contributed by atoms with E-state index in [9.17, 15) is 10.2 Å². The van der Waals surface area contributed by atoms with Crippen LogP contribution >= 0.6 is 0 Å². The zero-order chi connectivity index (χ0) is 25.0. The molecule has 0 aliphatic carbocycles. The zero-order valence-corrected chi connectivity index (χ0v) is 21.0. The van der Waals surface area contributed by atoms with Gasteiger partial charge in [-0.15, -0.1) is 0 Å². The fourth-order valence-electron chi connectivity index (χ4n) is 4.14. The van der Waals surface area contributed by atoms with Crippen LogP contribution in [0.1, 0.15) is 101 Å². The smallest absolute Gasteiger partial charge is 0.503 e. The number of carboxylic acid groups (broad SMARTS) is 2. The van der Waals surface area contributed by atoms with Crippen LogP contribution in [0.4, 0.5) is 4.79 Å². The van der Waals surface area contributed by atoms with Crippen molar-refractivity contribution in [3.8, 4) is 11.5 Å². The first-order valence-electron chi connectivity index (χ1n) is 11.1. The fourth-order valence-corrected chi connectivity index (χ4v) is 4.14. The van der Waals surface area contributed by atoms with Crippen molar-refractivity contribution in [2.45, 2.75) is 91.9 Å². The molecule has 2 aromatic rings. The van der Waals surface area contributed by atoms with E-state index in [2.05, 4.69) is 74.4 Å². The Kier molecular flexibility index (Phi) is 8.79. The molecule has 0 amide bonds. The van der Waals surface area contributed by atoms with Crippen molar-refractivity contribution in [3.05, 3.63) is 57.6 Å². The molecule has 0 saturated carbocycles. The van der Waals surface area contributed by atoms with Gasteiger partial charge in [0.05, 0.1) is 0 Å². The molecular weight excluding hydrogens is 404 g/mol. The predicted octanol–water partition coefficient (Wildman–Crippen LogP) is 7.46. The highest BCUT2D eigenvalue weighted by molar-refractivity contribution is 5.53. The summed E-state index contributed by atoms with van der Waals surface area (Å²) in [4.78, 5) is 8.56. The van der Waals surface area contributed by atoms with Crippen molar-refractivity contribution < 1.29 is 25.2 Å². The van der Waals surface area contributed by atoms with Crippen LogP contribution in [0.2, 0.25) is 0 Å². The van der Waals surface area contributed by atoms with E-state index >= 15 is 0 Å². The maximum absolute atomic E-state index is 10.5. The third kappa shape index (κ3) is 6.91. The lowest BCUT2D eigenvalue weighted by Gasteiger charge is -2.29. The van der Waals surface area contributed by atoms with Crippen LogP contribution in [0, 0.1) is 13.8 Å². The lowest BCUT2D eigenvalue weighted by Crippen LogP contribution is -2.16. The van der Waals surface area contributed by atoms with Crippen LogP contribution in [0.15, 0.2) is 24.3 Å². The fraction of sp³-hybridized carbons (Fsp3) is 0.519. The van der Waals surface area contributed by atoms with Crippen LogP contribution in [-0.4, -0.2) is 26.6 Å². The Hall–Kier alpha value is -2.69. The third-order valence-electron chi connectivity index (χ3n) is 5.71. The average Bonchev–Trinajstić information content (AvgIpc) is 2.58. The van der Waals surface area contributed by atoms with E-state index in [0.29, 0.717) is 11.5 Å². The van der Waals surface area contributed by atoms with Gasteiger partial charge in [-0.3, -0.25) is 0 Å². The maximum Gasteiger partial charge on any atom is 0.503 e. The van der Waals surface area contributed by atoms with Crippen molar-refractivity contribution in [2.75, 3.05) is 0 Å². The first-order chi connectivity index (χ1) is 14.5. The van der Waals surface area contributed by atoms with Gasteiger partial charge in [-0.25, -0.2) is 4.79 Å². The summed E-state index contributed by atoms with van der Waals surface area (Å²) in [5, 5.41) is 35.0. The molecule has 178 valence electrons. The predicted molar refractivity (Wildman–Crippen MR) is 130 cm³/mol. The molecule has 0 aliphatic heterocycles. The maximum atomic E-state index is 10.5. The molecule has 2 aromatic carbocycles. The molecule has 5 heteroatoms. The molecule has 0 heterocycles. The number of hydrogen-bond donors (Lipinski definition) is 4. The summed E-state index contributed by atoms with van der Waals surface area (Å²) in [5.41, 5.74) is 6.52. The number of phenolic OH excluding ortho intramolecular Hbond substituents is 2. The molecule has 0 radical (unpaired) electrons. The van der Waals surface area contributed by atoms with Gasteiger partial charge in [0.2, 0.25) is 0 Å². The van der Waals surface area contributed by atoms with E-state index in [1.165, 1.54) is 11.1 Å². The Morgan fingerprint density at radius 1 is 0.781 bits per heavy atom. The van der Waals surface area contributed by atoms with Crippen molar-refractivity contribution in [1.82, 2.24) is 0 Å². The van der Waals surface area contributed by atoms with Gasteiger partial charge in [0.1, 0.15) is 11.5 Å². The normalized spacial score (nSPS) is 11.8. The zero-order valence-electron chi connectivity index (χ0n) is 21.0. The van der Waals surface area contributed by atoms with E-state index in [1.807, 2.05) is 12.1 Å². The molecule has 0 fully saturated rings. The highest BCUT2D eigenvalue weighted by Crippen LogP contribution is 2.42. The number of benzene rings is 2. The summed E-state index contributed by atoms with van der Waals surface area (Å²) in [6.07, 6.45) is 0.269. The summed E-state index contributed by atoms with van der Waals surface area (Å²) < 4.78 is 0. The number of rotatable bonds is 4. The first kappa shape index (κ1) is 27.3. The first-order valence-corrected chi connectivity index (χ1v) is 11.1. The molecular formula is C27H40O5. The lowest BCUT2D eigenvalue weighted by molar-refractivity contribution is 0.137. The lowest BCUT2D eigenvalue weighted by atomic mass is 9.76. The molecule has 0 atom stereocenters. The summed E-state index contributed by atoms with van der Waals surface area (Å²) >= 11 is 0. The van der Waals surface area contributed by atoms with Crippen LogP contribution in [-0.2, 0) is 10.8 Å². The van der Waals surface area contributed by atoms with Gasteiger partial charge in [0.15, 0.2) is 0 Å². The largest absolute Gasteiger partial charge is 0.508 e. The second kappa shape index (κ2) is 10.3. The van der Waals surface area contributed by atoms with E-state index < -0.39 is 6.16 Å². The SMILES string of the molecule is CCCC(c1cc(C(C)(C)C)c(O)cc1C)c1cc(C(C)(C)C)c(O)cc1C.O=C(O)O. The van der Waals surface area contributed by atoms with Gasteiger partial charge in [0.25, 0.3) is 0 Å². The van der Waals surface area contributed by atoms with Crippen LogP contribution in [0.3, 0.4) is 0 Å². The molecule has 0 aromatic heterocycles. The average molecular weight is 445 g/mol. The number of aromatic hydroxyl groups is 2. The second-order valence-corrected chi connectivity index (χ2v) is 10.6. The van der Waals surface area contributed by atoms with E-state index in [0.717, 1.165) is 35.1 Å². The highest BCUT2D eigenvalue weighted by Gasteiger charge is 2.26. The minimum absolute atomic E-state index is 0.121. The summed E-state index contributed by atoms with van der Waals surface area (Å²) in [7, 11) is 0. The minimum Gasteiger partial charge on any atom is -0.508 e. The summed E-state index contributed by atoms with van der Waals surface area (Å²) in [6.45, 7) is 19.2. The molecule has 0 unspecified atom stereocenters. The Bertz CT molecular complexity index is 872. The molecule has 5 nitrogen and oxygen atoms in total. The van der Waals surface area contributed by atoms with Crippen molar-refractivity contribution in [3.63, 3.8) is 0 Å². The molecule has 32 heavy (non-hydrogen) atoms. The standard InChI is InChI=1S/C26H38O2.CH2O3/c1-10-11-18(19-14-21(25(4,5)6)23(27)12-16(19)2)20-15-22(26(7,8)9)24(28)13-17(20)3;2-1(3)4/h12-15,18,27-28H,10-11H2,1-9H3;(H2,2,3,4). The van der Waals surface area contributed by atoms with Gasteiger partial charge in [-0.05, 0) is 76.6 Å². The molecule has 0 bridgehead atoms. The minimum atomic E-state index is -1.83. The Labute approximate surface area is 192 Å². The van der Waals surface area contributed by atoms with Gasteiger partial charge >= 0.3 is 6.16 Å². The van der Waals surface area contributed by atoms with Crippen LogP contribution < -0.4 is 0 Å². The van der Waals surface area contributed by atoms with Crippen LogP contribution in [0.5, 0.6) is 11.5 Å². The molecule has 4 N–H and O–H groups in total. The highest BCUT2D eigenvalue weighted by atomic mass is 16.6. The number of carbonyl (C=O) groups is 1. The van der Waals surface area contributed by atoms with Gasteiger partial charge in [-0.2, -0.15) is 0 Å². The second-order valence-electron chi connectivity index (χ2n) is 10.6. The Balaban J connectivity index is 0.00000118.